The molecule has 11 heteroatoms. The third-order valence-electron chi connectivity index (χ3n) is 6.14. The summed E-state index contributed by atoms with van der Waals surface area (Å²) in [6.45, 7) is 2.99. The zero-order chi connectivity index (χ0) is 23.6. The Labute approximate surface area is 192 Å². The van der Waals surface area contributed by atoms with Crippen LogP contribution in [-0.4, -0.2) is 54.9 Å². The number of hydrogen-bond donors (Lipinski definition) is 1. The van der Waals surface area contributed by atoms with E-state index < -0.39 is 21.8 Å². The Balaban J connectivity index is 1.44. The van der Waals surface area contributed by atoms with E-state index in [1.807, 2.05) is 17.9 Å². The highest BCUT2D eigenvalue weighted by Crippen LogP contribution is 2.31. The fraction of sp³-hybridized carbons (Fsp3) is 0.545. The van der Waals surface area contributed by atoms with E-state index in [-0.39, 0.29) is 18.0 Å². The number of piperazine rings is 1. The summed E-state index contributed by atoms with van der Waals surface area (Å²) in [4.78, 5) is 10.8. The van der Waals surface area contributed by atoms with Gasteiger partial charge in [0.15, 0.2) is 0 Å². The second kappa shape index (κ2) is 9.46. The molecule has 7 nitrogen and oxygen atoms in total. The summed E-state index contributed by atoms with van der Waals surface area (Å²) in [5.41, 5.74) is -0.158. The van der Waals surface area contributed by atoms with Gasteiger partial charge in [-0.05, 0) is 38.0 Å². The van der Waals surface area contributed by atoms with Gasteiger partial charge in [-0.15, -0.1) is 0 Å². The van der Waals surface area contributed by atoms with Crippen molar-refractivity contribution in [3.8, 4) is 0 Å². The van der Waals surface area contributed by atoms with Crippen LogP contribution in [0.4, 0.5) is 24.9 Å². The maximum Gasteiger partial charge on any atom is 0.416 e. The Hall–Kier alpha value is -2.40. The number of alkyl halides is 3. The number of halogens is 3. The van der Waals surface area contributed by atoms with Gasteiger partial charge in [-0.3, -0.25) is 0 Å². The average molecular weight is 484 g/mol. The molecule has 4 rings (SSSR count). The maximum atomic E-state index is 13.0. The highest BCUT2D eigenvalue weighted by molar-refractivity contribution is 7.89. The monoisotopic (exact) mass is 483 g/mol. The van der Waals surface area contributed by atoms with Gasteiger partial charge in [0.2, 0.25) is 16.0 Å². The molecule has 0 atom stereocenters. The minimum Gasteiger partial charge on any atom is -0.354 e. The number of anilines is 2. The van der Waals surface area contributed by atoms with Crippen molar-refractivity contribution in [1.29, 1.82) is 0 Å². The lowest BCUT2D eigenvalue weighted by molar-refractivity contribution is -0.137. The van der Waals surface area contributed by atoms with Crippen molar-refractivity contribution in [2.75, 3.05) is 36.4 Å². The number of benzene rings is 1. The predicted molar refractivity (Wildman–Crippen MR) is 120 cm³/mol. The highest BCUT2D eigenvalue weighted by atomic mass is 32.2. The fourth-order valence-corrected chi connectivity index (χ4v) is 5.82. The van der Waals surface area contributed by atoms with Gasteiger partial charge in [-0.2, -0.15) is 22.5 Å². The molecule has 1 aliphatic carbocycles. The van der Waals surface area contributed by atoms with Crippen molar-refractivity contribution >= 4 is 21.8 Å². The van der Waals surface area contributed by atoms with Crippen molar-refractivity contribution in [1.82, 2.24) is 14.3 Å². The molecule has 33 heavy (non-hydrogen) atoms. The lowest BCUT2D eigenvalue weighted by Crippen LogP contribution is -2.49. The SMILES string of the molecule is Cc1cc(N2CCN(S(=O)(=O)c3cccc(C(F)(F)F)c3)CC2)nc(NC2CCCCC2)n1. The highest BCUT2D eigenvalue weighted by Gasteiger charge is 2.34. The first-order chi connectivity index (χ1) is 15.6. The topological polar surface area (TPSA) is 78.4 Å². The molecule has 0 spiro atoms. The lowest BCUT2D eigenvalue weighted by atomic mass is 9.96. The summed E-state index contributed by atoms with van der Waals surface area (Å²) in [6, 6.07) is 6.11. The first-order valence-electron chi connectivity index (χ1n) is 11.2. The van der Waals surface area contributed by atoms with Crippen LogP contribution >= 0.6 is 0 Å². The predicted octanol–water partition coefficient (Wildman–Crippen LogP) is 4.06. The van der Waals surface area contributed by atoms with Crippen LogP contribution in [0.15, 0.2) is 35.2 Å². The summed E-state index contributed by atoms with van der Waals surface area (Å²) in [5.74, 6) is 1.30. The van der Waals surface area contributed by atoms with Crippen LogP contribution in [0.1, 0.15) is 43.4 Å². The summed E-state index contributed by atoms with van der Waals surface area (Å²) < 4.78 is 66.2. The maximum absolute atomic E-state index is 13.0. The molecule has 0 unspecified atom stereocenters. The summed E-state index contributed by atoms with van der Waals surface area (Å²) in [7, 11) is -4.02. The molecular weight excluding hydrogens is 455 g/mol. The molecule has 1 saturated carbocycles. The molecule has 1 aromatic carbocycles. The molecule has 1 N–H and O–H groups in total. The van der Waals surface area contributed by atoms with Crippen molar-refractivity contribution in [2.24, 2.45) is 0 Å². The normalized spacial score (nSPS) is 19.0. The van der Waals surface area contributed by atoms with Gasteiger partial charge in [0.25, 0.3) is 0 Å². The zero-order valence-electron chi connectivity index (χ0n) is 18.5. The number of nitrogens with one attached hydrogen (secondary N) is 1. The Morgan fingerprint density at radius 1 is 1.00 bits per heavy atom. The molecule has 1 saturated heterocycles. The number of rotatable bonds is 5. The molecule has 180 valence electrons. The molecule has 2 aromatic rings. The molecule has 0 radical (unpaired) electrons. The van der Waals surface area contributed by atoms with Crippen molar-refractivity contribution in [2.45, 2.75) is 56.1 Å². The Morgan fingerprint density at radius 2 is 1.70 bits per heavy atom. The first kappa shape index (κ1) is 23.7. The smallest absolute Gasteiger partial charge is 0.354 e. The second-order valence-corrected chi connectivity index (χ2v) is 10.5. The van der Waals surface area contributed by atoms with Crippen LogP contribution in [0.5, 0.6) is 0 Å². The van der Waals surface area contributed by atoms with Gasteiger partial charge < -0.3 is 10.2 Å². The summed E-state index contributed by atoms with van der Waals surface area (Å²) in [5, 5.41) is 3.43. The van der Waals surface area contributed by atoms with Crippen molar-refractivity contribution < 1.29 is 21.6 Å². The van der Waals surface area contributed by atoms with E-state index in [1.54, 1.807) is 0 Å². The van der Waals surface area contributed by atoms with Crippen molar-refractivity contribution in [3.63, 3.8) is 0 Å². The number of sulfonamides is 1. The molecule has 2 aliphatic rings. The number of aryl methyl sites for hydroxylation is 1. The largest absolute Gasteiger partial charge is 0.416 e. The number of nitrogens with zero attached hydrogens (tertiary/aromatic N) is 4. The molecule has 2 heterocycles. The van der Waals surface area contributed by atoms with Gasteiger partial charge in [0.05, 0.1) is 10.5 Å². The first-order valence-corrected chi connectivity index (χ1v) is 12.6. The Morgan fingerprint density at radius 3 is 2.36 bits per heavy atom. The van der Waals surface area contributed by atoms with Crippen LogP contribution < -0.4 is 10.2 Å². The zero-order valence-corrected chi connectivity index (χ0v) is 19.3. The van der Waals surface area contributed by atoms with E-state index in [9.17, 15) is 21.6 Å². The van der Waals surface area contributed by atoms with Crippen LogP contribution in [0.25, 0.3) is 0 Å². The van der Waals surface area contributed by atoms with E-state index in [1.165, 1.54) is 29.6 Å². The third-order valence-corrected chi connectivity index (χ3v) is 8.04. The third kappa shape index (κ3) is 5.57. The molecule has 1 aromatic heterocycles. The Bertz CT molecular complexity index is 1080. The summed E-state index contributed by atoms with van der Waals surface area (Å²) in [6.07, 6.45) is 1.24. The molecule has 0 bridgehead atoms. The van der Waals surface area contributed by atoms with E-state index in [4.69, 9.17) is 0 Å². The van der Waals surface area contributed by atoms with E-state index in [0.717, 1.165) is 36.5 Å². The van der Waals surface area contributed by atoms with Crippen LogP contribution in [-0.2, 0) is 16.2 Å². The van der Waals surface area contributed by atoms with Crippen LogP contribution in [0, 0.1) is 6.92 Å². The van der Waals surface area contributed by atoms with E-state index in [0.29, 0.717) is 31.1 Å². The van der Waals surface area contributed by atoms with Gasteiger partial charge in [-0.1, -0.05) is 25.3 Å². The second-order valence-electron chi connectivity index (χ2n) is 8.59. The molecule has 2 fully saturated rings. The molecule has 1 aliphatic heterocycles. The lowest BCUT2D eigenvalue weighted by Gasteiger charge is -2.35. The minimum absolute atomic E-state index is 0.160. The average Bonchev–Trinajstić information content (AvgIpc) is 2.79. The standard InChI is InChI=1S/C22H28F3N5O2S/c1-16-14-20(28-21(26-16)27-18-7-3-2-4-8-18)29-10-12-30(13-11-29)33(31,32)19-9-5-6-17(15-19)22(23,24)25/h5-6,9,14-15,18H,2-4,7-8,10-13H2,1H3,(H,26,27,28). The summed E-state index contributed by atoms with van der Waals surface area (Å²) >= 11 is 0. The molecular formula is C22H28F3N5O2S. The van der Waals surface area contributed by atoms with Gasteiger partial charge >= 0.3 is 6.18 Å². The quantitative estimate of drug-likeness (QED) is 0.691. The van der Waals surface area contributed by atoms with E-state index in [2.05, 4.69) is 15.3 Å². The van der Waals surface area contributed by atoms with Gasteiger partial charge in [0, 0.05) is 44.0 Å². The fourth-order valence-electron chi connectivity index (χ4n) is 4.35. The molecule has 0 amide bonds. The van der Waals surface area contributed by atoms with E-state index >= 15 is 0 Å². The minimum atomic E-state index is -4.60. The van der Waals surface area contributed by atoms with Crippen LogP contribution in [0.2, 0.25) is 0 Å². The number of aromatic nitrogens is 2. The Kier molecular flexibility index (Phi) is 6.81. The van der Waals surface area contributed by atoms with Gasteiger partial charge in [-0.25, -0.2) is 13.4 Å². The van der Waals surface area contributed by atoms with Crippen molar-refractivity contribution in [3.05, 3.63) is 41.6 Å². The van der Waals surface area contributed by atoms with Crippen LogP contribution in [0.3, 0.4) is 0 Å². The number of hydrogen-bond acceptors (Lipinski definition) is 6. The van der Waals surface area contributed by atoms with Gasteiger partial charge in [0.1, 0.15) is 5.82 Å².